The Bertz CT molecular complexity index is 623. The third-order valence-electron chi connectivity index (χ3n) is 2.79. The number of rotatable bonds is 4. The lowest BCUT2D eigenvalue weighted by atomic mass is 10.2. The van der Waals surface area contributed by atoms with Crippen LogP contribution in [0.3, 0.4) is 0 Å². The normalized spacial score (nSPS) is 10.5. The third-order valence-corrected chi connectivity index (χ3v) is 2.79. The zero-order chi connectivity index (χ0) is 14.0. The summed E-state index contributed by atoms with van der Waals surface area (Å²) in [7, 11) is 1.49. The molecule has 0 aliphatic rings. The fraction of sp³-hybridized carbons (Fsp3) is 0.364. The van der Waals surface area contributed by atoms with Gasteiger partial charge in [0.2, 0.25) is 0 Å². The van der Waals surface area contributed by atoms with Crippen LogP contribution in [0.5, 0.6) is 6.01 Å². The molecule has 100 valence electrons. The van der Waals surface area contributed by atoms with Crippen LogP contribution < -0.4 is 4.74 Å². The minimum Gasteiger partial charge on any atom is -0.467 e. The minimum absolute atomic E-state index is 0.0484. The van der Waals surface area contributed by atoms with E-state index in [1.807, 2.05) is 0 Å². The van der Waals surface area contributed by atoms with Gasteiger partial charge in [0.25, 0.3) is 0 Å². The summed E-state index contributed by atoms with van der Waals surface area (Å²) in [5.41, 5.74) is 1.50. The second-order valence-electron chi connectivity index (χ2n) is 3.97. The average molecular weight is 263 g/mol. The average Bonchev–Trinajstić information content (AvgIpc) is 2.73. The summed E-state index contributed by atoms with van der Waals surface area (Å²) in [5.74, 6) is 0.523. The van der Waals surface area contributed by atoms with Crippen molar-refractivity contribution in [1.29, 1.82) is 0 Å². The Labute approximate surface area is 109 Å². The Kier molecular flexibility index (Phi) is 3.41. The smallest absolute Gasteiger partial charge is 0.343 e. The van der Waals surface area contributed by atoms with Crippen LogP contribution in [0, 0.1) is 24.0 Å². The van der Waals surface area contributed by atoms with Crippen molar-refractivity contribution in [2.45, 2.75) is 20.4 Å². The molecular formula is C11H13N5O3. The van der Waals surface area contributed by atoms with Crippen LogP contribution >= 0.6 is 0 Å². The highest BCUT2D eigenvalue weighted by molar-refractivity contribution is 5.24. The monoisotopic (exact) mass is 263 g/mol. The summed E-state index contributed by atoms with van der Waals surface area (Å²) in [6.07, 6.45) is 2.85. The molecule has 2 aromatic rings. The van der Waals surface area contributed by atoms with E-state index in [4.69, 9.17) is 4.74 Å². The molecule has 0 radical (unpaired) electrons. The van der Waals surface area contributed by atoms with Gasteiger partial charge in [-0.2, -0.15) is 0 Å². The summed E-state index contributed by atoms with van der Waals surface area (Å²) >= 11 is 0. The van der Waals surface area contributed by atoms with Crippen LogP contribution in [0.15, 0.2) is 12.4 Å². The van der Waals surface area contributed by atoms with Gasteiger partial charge in [-0.15, -0.1) is 0 Å². The fourth-order valence-electron chi connectivity index (χ4n) is 1.69. The van der Waals surface area contributed by atoms with Crippen molar-refractivity contribution in [1.82, 2.24) is 19.5 Å². The zero-order valence-electron chi connectivity index (χ0n) is 10.8. The number of methoxy groups -OCH3 is 1. The maximum atomic E-state index is 10.9. The van der Waals surface area contributed by atoms with Gasteiger partial charge in [-0.1, -0.05) is 0 Å². The first-order valence-electron chi connectivity index (χ1n) is 5.56. The molecule has 2 aromatic heterocycles. The molecule has 2 heterocycles. The number of ether oxygens (including phenoxy) is 1. The van der Waals surface area contributed by atoms with E-state index in [1.54, 1.807) is 20.0 Å². The second kappa shape index (κ2) is 5.01. The van der Waals surface area contributed by atoms with E-state index in [9.17, 15) is 10.1 Å². The Morgan fingerprint density at radius 2 is 2.11 bits per heavy atom. The van der Waals surface area contributed by atoms with Gasteiger partial charge in [0.05, 0.1) is 12.8 Å². The van der Waals surface area contributed by atoms with E-state index < -0.39 is 4.92 Å². The SMILES string of the molecule is COc1ncc(Cn2c([N+](=O)[O-])cnc2C)c(C)n1. The lowest BCUT2D eigenvalue weighted by molar-refractivity contribution is -0.392. The molecular weight excluding hydrogens is 250 g/mol. The van der Waals surface area contributed by atoms with Gasteiger partial charge in [-0.3, -0.25) is 0 Å². The highest BCUT2D eigenvalue weighted by atomic mass is 16.6. The van der Waals surface area contributed by atoms with Crippen LogP contribution in [0.4, 0.5) is 5.82 Å². The Morgan fingerprint density at radius 1 is 1.37 bits per heavy atom. The van der Waals surface area contributed by atoms with Gasteiger partial charge in [-0.25, -0.2) is 19.5 Å². The van der Waals surface area contributed by atoms with Crippen molar-refractivity contribution in [3.63, 3.8) is 0 Å². The van der Waals surface area contributed by atoms with Gasteiger partial charge in [0.15, 0.2) is 5.82 Å². The van der Waals surface area contributed by atoms with E-state index >= 15 is 0 Å². The molecule has 0 aliphatic heterocycles. The largest absolute Gasteiger partial charge is 0.467 e. The molecule has 2 rings (SSSR count). The molecule has 8 nitrogen and oxygen atoms in total. The van der Waals surface area contributed by atoms with E-state index in [0.717, 1.165) is 5.56 Å². The van der Waals surface area contributed by atoms with Crippen LogP contribution in [0.2, 0.25) is 0 Å². The van der Waals surface area contributed by atoms with E-state index in [2.05, 4.69) is 15.0 Å². The minimum atomic E-state index is -0.459. The van der Waals surface area contributed by atoms with Crippen molar-refractivity contribution in [2.24, 2.45) is 0 Å². The van der Waals surface area contributed by atoms with Crippen molar-refractivity contribution in [3.8, 4) is 6.01 Å². The topological polar surface area (TPSA) is 96.0 Å². The quantitative estimate of drug-likeness (QED) is 0.608. The Hall–Kier alpha value is -2.51. The van der Waals surface area contributed by atoms with Crippen molar-refractivity contribution >= 4 is 5.82 Å². The number of aryl methyl sites for hydroxylation is 2. The summed E-state index contributed by atoms with van der Waals surface area (Å²) < 4.78 is 6.43. The van der Waals surface area contributed by atoms with E-state index in [0.29, 0.717) is 18.1 Å². The molecule has 0 saturated carbocycles. The molecule has 0 bridgehead atoms. The molecule has 0 N–H and O–H groups in total. The van der Waals surface area contributed by atoms with Crippen LogP contribution in [-0.2, 0) is 6.54 Å². The van der Waals surface area contributed by atoms with Crippen LogP contribution in [-0.4, -0.2) is 31.6 Å². The molecule has 0 aromatic carbocycles. The summed E-state index contributed by atoms with van der Waals surface area (Å²) in [6, 6.07) is 0.276. The maximum Gasteiger partial charge on any atom is 0.343 e. The molecule has 0 fully saturated rings. The van der Waals surface area contributed by atoms with Crippen molar-refractivity contribution in [2.75, 3.05) is 7.11 Å². The van der Waals surface area contributed by atoms with E-state index in [-0.39, 0.29) is 11.8 Å². The van der Waals surface area contributed by atoms with Crippen LogP contribution in [0.25, 0.3) is 0 Å². The molecule has 0 amide bonds. The maximum absolute atomic E-state index is 10.9. The number of nitrogens with zero attached hydrogens (tertiary/aromatic N) is 5. The Balaban J connectivity index is 2.36. The van der Waals surface area contributed by atoms with Gasteiger partial charge in [0.1, 0.15) is 12.7 Å². The van der Waals surface area contributed by atoms with E-state index in [1.165, 1.54) is 17.9 Å². The number of nitro groups is 1. The lowest BCUT2D eigenvalue weighted by Crippen LogP contribution is -2.09. The van der Waals surface area contributed by atoms with Gasteiger partial charge in [0, 0.05) is 18.7 Å². The van der Waals surface area contributed by atoms with Gasteiger partial charge in [-0.05, 0) is 11.8 Å². The molecule has 8 heteroatoms. The Morgan fingerprint density at radius 3 is 2.68 bits per heavy atom. The first-order chi connectivity index (χ1) is 9.02. The molecule has 0 aliphatic carbocycles. The van der Waals surface area contributed by atoms with Gasteiger partial charge < -0.3 is 14.9 Å². The highest BCUT2D eigenvalue weighted by Crippen LogP contribution is 2.17. The second-order valence-corrected chi connectivity index (χ2v) is 3.97. The van der Waals surface area contributed by atoms with Crippen molar-refractivity contribution < 1.29 is 9.66 Å². The predicted octanol–water partition coefficient (Wildman–Crippen LogP) is 1.26. The summed E-state index contributed by atoms with van der Waals surface area (Å²) in [6.45, 7) is 3.82. The predicted molar refractivity (Wildman–Crippen MR) is 66.0 cm³/mol. The summed E-state index contributed by atoms with van der Waals surface area (Å²) in [4.78, 5) is 22.5. The standard InChI is InChI=1S/C11H13N5O3/c1-7-9(4-13-11(14-7)19-3)6-15-8(2)12-5-10(15)16(17)18/h4-5H,6H2,1-3H3. The molecule has 19 heavy (non-hydrogen) atoms. The first-order valence-corrected chi connectivity index (χ1v) is 5.56. The molecule has 0 unspecified atom stereocenters. The molecule has 0 atom stereocenters. The van der Waals surface area contributed by atoms with Crippen molar-refractivity contribution in [3.05, 3.63) is 39.6 Å². The third kappa shape index (κ3) is 2.51. The fourth-order valence-corrected chi connectivity index (χ4v) is 1.69. The first kappa shape index (κ1) is 12.9. The zero-order valence-corrected chi connectivity index (χ0v) is 10.8. The summed E-state index contributed by atoms with van der Waals surface area (Å²) in [5, 5.41) is 10.9. The molecule has 0 saturated heterocycles. The van der Waals surface area contributed by atoms with Crippen LogP contribution in [0.1, 0.15) is 17.1 Å². The number of imidazole rings is 1. The highest BCUT2D eigenvalue weighted by Gasteiger charge is 2.19. The number of hydrogen-bond acceptors (Lipinski definition) is 6. The lowest BCUT2D eigenvalue weighted by Gasteiger charge is -2.06. The van der Waals surface area contributed by atoms with Gasteiger partial charge >= 0.3 is 11.8 Å². The number of aromatic nitrogens is 4. The molecule has 0 spiro atoms. The number of hydrogen-bond donors (Lipinski definition) is 0.